The van der Waals surface area contributed by atoms with Gasteiger partial charge < -0.3 is 14.5 Å². The molecule has 0 aliphatic carbocycles. The Morgan fingerprint density at radius 3 is 2.52 bits per heavy atom. The van der Waals surface area contributed by atoms with E-state index in [1.54, 1.807) is 0 Å². The number of primary sulfonamides is 1. The summed E-state index contributed by atoms with van der Waals surface area (Å²) in [5, 5.41) is 4.34. The molecule has 7 nitrogen and oxygen atoms in total. The number of aryl methyl sites for hydroxylation is 1. The van der Waals surface area contributed by atoms with Gasteiger partial charge in [-0.15, -0.1) is 0 Å². The first-order chi connectivity index (χ1) is 10.9. The Kier molecular flexibility index (Phi) is 4.31. The third-order valence-electron chi connectivity index (χ3n) is 4.40. The summed E-state index contributed by atoms with van der Waals surface area (Å²) in [6.07, 6.45) is -0.0525. The molecule has 2 aliphatic heterocycles. The van der Waals surface area contributed by atoms with Crippen molar-refractivity contribution in [3.63, 3.8) is 0 Å². The summed E-state index contributed by atoms with van der Waals surface area (Å²) in [7, 11) is -3.70. The van der Waals surface area contributed by atoms with Gasteiger partial charge in [-0.3, -0.25) is 4.79 Å². The molecule has 3 rings (SSSR count). The van der Waals surface area contributed by atoms with Crippen LogP contribution in [0.15, 0.2) is 18.2 Å². The number of benzene rings is 1. The Morgan fingerprint density at radius 1 is 1.26 bits per heavy atom. The minimum absolute atomic E-state index is 0.0525. The SMILES string of the molecule is Cc1cc(N2CC(S(N)(=O)=O)CC2=O)ccc1N1CCOCC1. The number of morpholine rings is 1. The lowest BCUT2D eigenvalue weighted by Crippen LogP contribution is -2.36. The van der Waals surface area contributed by atoms with Crippen molar-refractivity contribution in [2.75, 3.05) is 42.6 Å². The minimum atomic E-state index is -3.70. The number of carbonyl (C=O) groups excluding carboxylic acids is 1. The van der Waals surface area contributed by atoms with Crippen molar-refractivity contribution in [2.24, 2.45) is 5.14 Å². The maximum Gasteiger partial charge on any atom is 0.228 e. The van der Waals surface area contributed by atoms with Gasteiger partial charge in [-0.2, -0.15) is 0 Å². The molecular formula is C15H21N3O4S. The van der Waals surface area contributed by atoms with Crippen LogP contribution in [0.3, 0.4) is 0 Å². The minimum Gasteiger partial charge on any atom is -0.378 e. The van der Waals surface area contributed by atoms with E-state index in [9.17, 15) is 13.2 Å². The van der Waals surface area contributed by atoms with E-state index >= 15 is 0 Å². The van der Waals surface area contributed by atoms with Crippen molar-refractivity contribution in [2.45, 2.75) is 18.6 Å². The lowest BCUT2D eigenvalue weighted by Gasteiger charge is -2.30. The van der Waals surface area contributed by atoms with Gasteiger partial charge in [-0.05, 0) is 30.7 Å². The van der Waals surface area contributed by atoms with Crippen LogP contribution in [0, 0.1) is 6.92 Å². The predicted molar refractivity (Wildman–Crippen MR) is 88.1 cm³/mol. The number of ether oxygens (including phenoxy) is 1. The second-order valence-electron chi connectivity index (χ2n) is 5.99. The molecule has 1 aromatic carbocycles. The number of sulfonamides is 1. The second-order valence-corrected chi connectivity index (χ2v) is 7.83. The zero-order chi connectivity index (χ0) is 16.6. The van der Waals surface area contributed by atoms with Gasteiger partial charge >= 0.3 is 0 Å². The van der Waals surface area contributed by atoms with E-state index in [2.05, 4.69) is 4.90 Å². The van der Waals surface area contributed by atoms with E-state index in [1.807, 2.05) is 25.1 Å². The van der Waals surface area contributed by atoms with Crippen molar-refractivity contribution in [3.05, 3.63) is 23.8 Å². The molecule has 1 unspecified atom stereocenters. The highest BCUT2D eigenvalue weighted by atomic mass is 32.2. The first-order valence-electron chi connectivity index (χ1n) is 7.61. The Labute approximate surface area is 136 Å². The zero-order valence-corrected chi connectivity index (χ0v) is 13.9. The first kappa shape index (κ1) is 16.2. The van der Waals surface area contributed by atoms with Gasteiger partial charge in [0.2, 0.25) is 15.9 Å². The lowest BCUT2D eigenvalue weighted by atomic mass is 10.1. The monoisotopic (exact) mass is 339 g/mol. The fourth-order valence-corrected chi connectivity index (χ4v) is 3.84. The smallest absolute Gasteiger partial charge is 0.228 e. The Hall–Kier alpha value is -1.64. The van der Waals surface area contributed by atoms with Gasteiger partial charge in [0.25, 0.3) is 0 Å². The molecule has 2 N–H and O–H groups in total. The molecule has 0 saturated carbocycles. The van der Waals surface area contributed by atoms with E-state index in [1.165, 1.54) is 4.90 Å². The van der Waals surface area contributed by atoms with Crippen LogP contribution in [0.1, 0.15) is 12.0 Å². The van der Waals surface area contributed by atoms with Crippen LogP contribution in [0.4, 0.5) is 11.4 Å². The molecule has 8 heteroatoms. The number of hydrogen-bond donors (Lipinski definition) is 1. The van der Waals surface area contributed by atoms with Gasteiger partial charge in [0.1, 0.15) is 5.25 Å². The molecule has 1 aromatic rings. The normalized spacial score (nSPS) is 22.7. The van der Waals surface area contributed by atoms with Crippen LogP contribution >= 0.6 is 0 Å². The van der Waals surface area contributed by atoms with Crippen LogP contribution in [0.2, 0.25) is 0 Å². The molecule has 1 amide bonds. The van der Waals surface area contributed by atoms with E-state index < -0.39 is 15.3 Å². The zero-order valence-electron chi connectivity index (χ0n) is 13.1. The third-order valence-corrected chi connectivity index (χ3v) is 5.64. The largest absolute Gasteiger partial charge is 0.378 e. The molecule has 2 fully saturated rings. The summed E-state index contributed by atoms with van der Waals surface area (Å²) in [5.74, 6) is -0.206. The highest BCUT2D eigenvalue weighted by Crippen LogP contribution is 2.29. The van der Waals surface area contributed by atoms with Crippen molar-refractivity contribution < 1.29 is 17.9 Å². The van der Waals surface area contributed by atoms with Gasteiger partial charge in [-0.25, -0.2) is 13.6 Å². The number of amides is 1. The van der Waals surface area contributed by atoms with Gasteiger partial charge in [-0.1, -0.05) is 0 Å². The van der Waals surface area contributed by atoms with Gasteiger partial charge in [0.15, 0.2) is 0 Å². The Balaban J connectivity index is 1.81. The molecule has 0 spiro atoms. The fourth-order valence-electron chi connectivity index (χ4n) is 3.11. The van der Waals surface area contributed by atoms with Crippen LogP contribution in [0.25, 0.3) is 0 Å². The standard InChI is InChI=1S/C15H21N3O4S/c1-11-8-12(2-3-14(11)17-4-6-22-7-5-17)18-10-13(9-15(18)19)23(16,20)21/h2-3,8,13H,4-7,9-10H2,1H3,(H2,16,20,21). The molecule has 0 radical (unpaired) electrons. The number of nitrogens with two attached hydrogens (primary N) is 1. The third kappa shape index (κ3) is 3.34. The summed E-state index contributed by atoms with van der Waals surface area (Å²) in [6.45, 7) is 5.22. The lowest BCUT2D eigenvalue weighted by molar-refractivity contribution is -0.117. The van der Waals surface area contributed by atoms with Crippen molar-refractivity contribution >= 4 is 27.3 Å². The summed E-state index contributed by atoms with van der Waals surface area (Å²) in [5.41, 5.74) is 2.89. The number of rotatable bonds is 3. The second kappa shape index (κ2) is 6.10. The van der Waals surface area contributed by atoms with Crippen molar-refractivity contribution in [1.29, 1.82) is 0 Å². The number of carbonyl (C=O) groups is 1. The quantitative estimate of drug-likeness (QED) is 0.851. The molecule has 2 aliphatic rings. The summed E-state index contributed by atoms with van der Waals surface area (Å²) >= 11 is 0. The molecule has 0 aromatic heterocycles. The Morgan fingerprint density at radius 2 is 1.96 bits per heavy atom. The predicted octanol–water partition coefficient (Wildman–Crippen LogP) is 0.225. The molecule has 2 saturated heterocycles. The van der Waals surface area contributed by atoms with Crippen molar-refractivity contribution in [1.82, 2.24) is 0 Å². The first-order valence-corrected chi connectivity index (χ1v) is 9.22. The highest BCUT2D eigenvalue weighted by molar-refractivity contribution is 7.89. The summed E-state index contributed by atoms with van der Waals surface area (Å²) in [6, 6.07) is 5.77. The molecule has 2 heterocycles. The van der Waals surface area contributed by atoms with Crippen LogP contribution < -0.4 is 14.9 Å². The maximum absolute atomic E-state index is 12.1. The van der Waals surface area contributed by atoms with E-state index in [4.69, 9.17) is 9.88 Å². The Bertz CT molecular complexity index is 713. The fraction of sp³-hybridized carbons (Fsp3) is 0.533. The molecule has 126 valence electrons. The van der Waals surface area contributed by atoms with Gasteiger partial charge in [0.05, 0.1) is 13.2 Å². The molecule has 23 heavy (non-hydrogen) atoms. The van der Waals surface area contributed by atoms with Crippen LogP contribution in [0.5, 0.6) is 0 Å². The topological polar surface area (TPSA) is 92.9 Å². The molecular weight excluding hydrogens is 318 g/mol. The van der Waals surface area contributed by atoms with Crippen molar-refractivity contribution in [3.8, 4) is 0 Å². The highest BCUT2D eigenvalue weighted by Gasteiger charge is 2.37. The number of hydrogen-bond acceptors (Lipinski definition) is 5. The van der Waals surface area contributed by atoms with Crippen LogP contribution in [-0.4, -0.2) is 52.4 Å². The maximum atomic E-state index is 12.1. The summed E-state index contributed by atoms with van der Waals surface area (Å²) in [4.78, 5) is 15.9. The van der Waals surface area contributed by atoms with E-state index in [-0.39, 0.29) is 18.9 Å². The molecule has 0 bridgehead atoms. The van der Waals surface area contributed by atoms with E-state index in [0.29, 0.717) is 13.2 Å². The molecule has 1 atom stereocenters. The van der Waals surface area contributed by atoms with E-state index in [0.717, 1.165) is 30.0 Å². The summed E-state index contributed by atoms with van der Waals surface area (Å²) < 4.78 is 28.3. The number of nitrogens with zero attached hydrogens (tertiary/aromatic N) is 2. The number of anilines is 2. The average molecular weight is 339 g/mol. The average Bonchev–Trinajstić information content (AvgIpc) is 2.90. The van der Waals surface area contributed by atoms with Crippen LogP contribution in [-0.2, 0) is 19.6 Å². The van der Waals surface area contributed by atoms with Gasteiger partial charge in [0, 0.05) is 37.4 Å².